The van der Waals surface area contributed by atoms with Crippen LogP contribution in [0.4, 0.5) is 4.79 Å². The zero-order chi connectivity index (χ0) is 10.6. The van der Waals surface area contributed by atoms with Crippen molar-refractivity contribution in [1.82, 2.24) is 5.32 Å². The SMILES string of the molecule is CC(C)(CC1CCNCC1)OC(N)=O. The number of primary amides is 1. The molecule has 0 bridgehead atoms. The zero-order valence-electron chi connectivity index (χ0n) is 9.01. The second-order valence-electron chi connectivity index (χ2n) is 4.58. The predicted molar refractivity (Wildman–Crippen MR) is 55.0 cm³/mol. The van der Waals surface area contributed by atoms with Crippen LogP contribution in [0, 0.1) is 5.92 Å². The van der Waals surface area contributed by atoms with Gasteiger partial charge in [0.15, 0.2) is 0 Å². The van der Waals surface area contributed by atoms with Crippen molar-refractivity contribution in [2.24, 2.45) is 11.7 Å². The largest absolute Gasteiger partial charge is 0.444 e. The molecule has 82 valence electrons. The van der Waals surface area contributed by atoms with E-state index in [1.807, 2.05) is 13.8 Å². The zero-order valence-corrected chi connectivity index (χ0v) is 9.01. The molecule has 0 aliphatic carbocycles. The monoisotopic (exact) mass is 200 g/mol. The molecule has 4 heteroatoms. The first-order valence-corrected chi connectivity index (χ1v) is 5.19. The molecule has 1 saturated heterocycles. The average Bonchev–Trinajstić information content (AvgIpc) is 2.02. The number of nitrogens with two attached hydrogens (primary N) is 1. The molecule has 0 spiro atoms. The number of carbonyl (C=O) groups excluding carboxylic acids is 1. The van der Waals surface area contributed by atoms with Crippen molar-refractivity contribution in [2.45, 2.75) is 38.7 Å². The average molecular weight is 200 g/mol. The molecule has 1 aliphatic heterocycles. The third kappa shape index (κ3) is 3.96. The summed E-state index contributed by atoms with van der Waals surface area (Å²) in [7, 11) is 0. The van der Waals surface area contributed by atoms with Crippen molar-refractivity contribution in [2.75, 3.05) is 13.1 Å². The van der Waals surface area contributed by atoms with Crippen LogP contribution in [-0.4, -0.2) is 24.8 Å². The van der Waals surface area contributed by atoms with Gasteiger partial charge in [0.2, 0.25) is 0 Å². The molecule has 1 amide bonds. The number of amides is 1. The van der Waals surface area contributed by atoms with E-state index in [1.165, 1.54) is 0 Å². The first kappa shape index (κ1) is 11.3. The van der Waals surface area contributed by atoms with Crippen molar-refractivity contribution >= 4 is 6.09 Å². The van der Waals surface area contributed by atoms with Crippen molar-refractivity contribution in [3.63, 3.8) is 0 Å². The fourth-order valence-corrected chi connectivity index (χ4v) is 2.10. The van der Waals surface area contributed by atoms with Crippen molar-refractivity contribution in [3.8, 4) is 0 Å². The Morgan fingerprint density at radius 1 is 1.50 bits per heavy atom. The lowest BCUT2D eigenvalue weighted by Gasteiger charge is -2.31. The van der Waals surface area contributed by atoms with Crippen LogP contribution < -0.4 is 11.1 Å². The summed E-state index contributed by atoms with van der Waals surface area (Å²) in [6, 6.07) is 0. The van der Waals surface area contributed by atoms with Gasteiger partial charge in [-0.1, -0.05) is 0 Å². The fraction of sp³-hybridized carbons (Fsp3) is 0.900. The van der Waals surface area contributed by atoms with Crippen molar-refractivity contribution < 1.29 is 9.53 Å². The molecule has 0 aromatic carbocycles. The van der Waals surface area contributed by atoms with Crippen LogP contribution in [-0.2, 0) is 4.74 Å². The Labute approximate surface area is 85.2 Å². The van der Waals surface area contributed by atoms with Gasteiger partial charge in [-0.15, -0.1) is 0 Å². The Balaban J connectivity index is 2.36. The van der Waals surface area contributed by atoms with E-state index in [0.717, 1.165) is 32.4 Å². The Morgan fingerprint density at radius 3 is 2.57 bits per heavy atom. The van der Waals surface area contributed by atoms with Gasteiger partial charge < -0.3 is 15.8 Å². The third-order valence-electron chi connectivity index (χ3n) is 2.62. The molecule has 3 N–H and O–H groups in total. The fourth-order valence-electron chi connectivity index (χ4n) is 2.10. The summed E-state index contributed by atoms with van der Waals surface area (Å²) in [6.07, 6.45) is 2.54. The van der Waals surface area contributed by atoms with Crippen LogP contribution in [0.2, 0.25) is 0 Å². The Bertz CT molecular complexity index is 198. The highest BCUT2D eigenvalue weighted by Gasteiger charge is 2.27. The highest BCUT2D eigenvalue weighted by molar-refractivity contribution is 5.65. The number of hydrogen-bond donors (Lipinski definition) is 2. The van der Waals surface area contributed by atoms with E-state index in [4.69, 9.17) is 10.5 Å². The van der Waals surface area contributed by atoms with Gasteiger partial charge in [0, 0.05) is 0 Å². The maximum atomic E-state index is 10.6. The Hall–Kier alpha value is -0.770. The molecular weight excluding hydrogens is 180 g/mol. The smallest absolute Gasteiger partial charge is 0.405 e. The normalized spacial score (nSPS) is 19.3. The van der Waals surface area contributed by atoms with Gasteiger partial charge in [0.25, 0.3) is 0 Å². The molecule has 1 aliphatic rings. The number of carbonyl (C=O) groups is 1. The molecule has 0 saturated carbocycles. The minimum atomic E-state index is -0.677. The topological polar surface area (TPSA) is 64.3 Å². The van der Waals surface area contributed by atoms with Gasteiger partial charge in [0.1, 0.15) is 5.60 Å². The minimum absolute atomic E-state index is 0.423. The quantitative estimate of drug-likeness (QED) is 0.720. The van der Waals surface area contributed by atoms with Crippen LogP contribution in [0.5, 0.6) is 0 Å². The first-order valence-electron chi connectivity index (χ1n) is 5.19. The lowest BCUT2D eigenvalue weighted by molar-refractivity contribution is 0.0229. The molecule has 0 aromatic heterocycles. The van der Waals surface area contributed by atoms with Crippen molar-refractivity contribution in [1.29, 1.82) is 0 Å². The van der Waals surface area contributed by atoms with E-state index in [2.05, 4.69) is 5.32 Å². The molecule has 1 rings (SSSR count). The van der Waals surface area contributed by atoms with E-state index in [1.54, 1.807) is 0 Å². The van der Waals surface area contributed by atoms with E-state index in [9.17, 15) is 4.79 Å². The van der Waals surface area contributed by atoms with Crippen LogP contribution in [0.3, 0.4) is 0 Å². The van der Waals surface area contributed by atoms with Gasteiger partial charge in [0.05, 0.1) is 0 Å². The second kappa shape index (κ2) is 4.64. The minimum Gasteiger partial charge on any atom is -0.444 e. The molecule has 0 atom stereocenters. The van der Waals surface area contributed by atoms with Crippen LogP contribution in [0.15, 0.2) is 0 Å². The molecule has 4 nitrogen and oxygen atoms in total. The van der Waals surface area contributed by atoms with E-state index < -0.39 is 11.7 Å². The highest BCUT2D eigenvalue weighted by atomic mass is 16.6. The summed E-state index contributed by atoms with van der Waals surface area (Å²) in [6.45, 7) is 5.97. The van der Waals surface area contributed by atoms with E-state index in [-0.39, 0.29) is 0 Å². The molecular formula is C10H20N2O2. The number of nitrogens with one attached hydrogen (secondary N) is 1. The second-order valence-corrected chi connectivity index (χ2v) is 4.58. The predicted octanol–water partition coefficient (Wildman–Crippen LogP) is 1.25. The van der Waals surface area contributed by atoms with Crippen molar-refractivity contribution in [3.05, 3.63) is 0 Å². The van der Waals surface area contributed by atoms with Gasteiger partial charge in [-0.25, -0.2) is 4.79 Å². The number of ether oxygens (including phenoxy) is 1. The van der Waals surface area contributed by atoms with Gasteiger partial charge in [-0.3, -0.25) is 0 Å². The lowest BCUT2D eigenvalue weighted by atomic mass is 9.87. The van der Waals surface area contributed by atoms with Gasteiger partial charge in [-0.05, 0) is 52.1 Å². The first-order chi connectivity index (χ1) is 6.49. The lowest BCUT2D eigenvalue weighted by Crippen LogP contribution is -2.36. The summed E-state index contributed by atoms with van der Waals surface area (Å²) in [5.74, 6) is 0.644. The number of rotatable bonds is 3. The summed E-state index contributed by atoms with van der Waals surface area (Å²) in [5, 5.41) is 3.31. The van der Waals surface area contributed by atoms with Crippen LogP contribution >= 0.6 is 0 Å². The summed E-state index contributed by atoms with van der Waals surface area (Å²) >= 11 is 0. The molecule has 0 aromatic rings. The van der Waals surface area contributed by atoms with Gasteiger partial charge in [-0.2, -0.15) is 0 Å². The molecule has 1 fully saturated rings. The Kier molecular flexibility index (Phi) is 3.75. The summed E-state index contributed by atoms with van der Waals surface area (Å²) in [4.78, 5) is 10.6. The maximum absolute atomic E-state index is 10.6. The van der Waals surface area contributed by atoms with Crippen LogP contribution in [0.25, 0.3) is 0 Å². The molecule has 0 unspecified atom stereocenters. The Morgan fingerprint density at radius 2 is 2.07 bits per heavy atom. The maximum Gasteiger partial charge on any atom is 0.405 e. The molecule has 0 radical (unpaired) electrons. The third-order valence-corrected chi connectivity index (χ3v) is 2.62. The molecule has 1 heterocycles. The summed E-state index contributed by atoms with van der Waals surface area (Å²) < 4.78 is 5.06. The van der Waals surface area contributed by atoms with Crippen LogP contribution in [0.1, 0.15) is 33.1 Å². The number of hydrogen-bond acceptors (Lipinski definition) is 3. The molecule has 14 heavy (non-hydrogen) atoms. The van der Waals surface area contributed by atoms with E-state index >= 15 is 0 Å². The summed E-state index contributed by atoms with van der Waals surface area (Å²) in [5.41, 5.74) is 4.59. The van der Waals surface area contributed by atoms with Gasteiger partial charge >= 0.3 is 6.09 Å². The van der Waals surface area contributed by atoms with E-state index in [0.29, 0.717) is 5.92 Å². The standard InChI is InChI=1S/C10H20N2O2/c1-10(2,14-9(11)13)7-8-3-5-12-6-4-8/h8,12H,3-7H2,1-2H3,(H2,11,13). The number of piperidine rings is 1. The highest BCUT2D eigenvalue weighted by Crippen LogP contribution is 2.26.